The first-order valence-corrected chi connectivity index (χ1v) is 16.3. The van der Waals surface area contributed by atoms with Crippen molar-refractivity contribution in [1.29, 1.82) is 0 Å². The summed E-state index contributed by atoms with van der Waals surface area (Å²) in [5.74, 6) is -3.57. The molecule has 0 saturated carbocycles. The molecule has 15 heteroatoms. The highest BCUT2D eigenvalue weighted by atomic mass is 19.4. The Balaban J connectivity index is 1.47. The number of piperidine rings is 1. The second-order valence-corrected chi connectivity index (χ2v) is 13.6. The first-order valence-electron chi connectivity index (χ1n) is 16.3. The summed E-state index contributed by atoms with van der Waals surface area (Å²) < 4.78 is 85.7. The van der Waals surface area contributed by atoms with Crippen LogP contribution in [0.25, 0.3) is 10.9 Å². The van der Waals surface area contributed by atoms with Gasteiger partial charge in [-0.2, -0.15) is 0 Å². The second kappa shape index (κ2) is 15.7. The molecule has 50 heavy (non-hydrogen) atoms. The summed E-state index contributed by atoms with van der Waals surface area (Å²) in [4.78, 5) is 40.5. The number of fused-ring (bicyclic) bond motifs is 1. The largest absolute Gasteiger partial charge is 0.573 e. The lowest BCUT2D eigenvalue weighted by molar-refractivity contribution is -0.274. The molecule has 10 nitrogen and oxygen atoms in total. The summed E-state index contributed by atoms with van der Waals surface area (Å²) in [6.45, 7) is 9.26. The summed E-state index contributed by atoms with van der Waals surface area (Å²) in [5.41, 5.74) is -0.0903. The number of nitrogens with one attached hydrogen (secondary N) is 2. The van der Waals surface area contributed by atoms with Crippen LogP contribution in [0.3, 0.4) is 0 Å². The summed E-state index contributed by atoms with van der Waals surface area (Å²) in [6, 6.07) is 5.32. The highest BCUT2D eigenvalue weighted by Gasteiger charge is 2.35. The van der Waals surface area contributed by atoms with E-state index in [0.29, 0.717) is 24.0 Å². The number of carbonyl (C=O) groups excluding carboxylic acids is 3. The van der Waals surface area contributed by atoms with Gasteiger partial charge in [0.25, 0.3) is 5.91 Å². The van der Waals surface area contributed by atoms with E-state index in [1.807, 2.05) is 0 Å². The van der Waals surface area contributed by atoms with Crippen molar-refractivity contribution < 1.29 is 50.5 Å². The number of likely N-dealkylation sites (tertiary alicyclic amines) is 1. The molecule has 0 spiro atoms. The van der Waals surface area contributed by atoms with E-state index < -0.39 is 53.3 Å². The Morgan fingerprint density at radius 3 is 2.26 bits per heavy atom. The molecule has 3 aromatic rings. The minimum Gasteiger partial charge on any atom is -0.444 e. The van der Waals surface area contributed by atoms with E-state index in [2.05, 4.69) is 15.4 Å². The Hall–Kier alpha value is -4.40. The van der Waals surface area contributed by atoms with Gasteiger partial charge in [0, 0.05) is 39.5 Å². The molecule has 1 aromatic heterocycles. The van der Waals surface area contributed by atoms with Crippen LogP contribution in [0, 0.1) is 17.6 Å². The minimum absolute atomic E-state index is 0.0642. The normalized spacial score (nSPS) is 14.9. The number of rotatable bonds is 11. The highest BCUT2D eigenvalue weighted by molar-refractivity contribution is 6.09. The van der Waals surface area contributed by atoms with Crippen LogP contribution in [-0.4, -0.2) is 72.2 Å². The summed E-state index contributed by atoms with van der Waals surface area (Å²) in [5, 5.41) is 5.08. The Morgan fingerprint density at radius 1 is 1.00 bits per heavy atom. The topological polar surface area (TPSA) is 111 Å². The number of amides is 3. The SMILES string of the molecule is COCCn1cc(C(=O)N2CCC(c3cc(CNC(=O)C(NC(=O)OC(C)(C)C)C(C)C)ccc3F)CC2)c2c(OC(F)(F)F)ccc(F)c21. The third-order valence-electron chi connectivity index (χ3n) is 8.29. The number of hydrogen-bond donors (Lipinski definition) is 2. The smallest absolute Gasteiger partial charge is 0.444 e. The summed E-state index contributed by atoms with van der Waals surface area (Å²) >= 11 is 0. The molecule has 1 fully saturated rings. The zero-order chi connectivity index (χ0) is 37.0. The lowest BCUT2D eigenvalue weighted by atomic mass is 9.88. The van der Waals surface area contributed by atoms with Crippen molar-refractivity contribution in [2.45, 2.75) is 84.5 Å². The maximum atomic E-state index is 15.1. The molecular weight excluding hydrogens is 667 g/mol. The molecule has 2 aromatic carbocycles. The van der Waals surface area contributed by atoms with Crippen molar-refractivity contribution >= 4 is 28.8 Å². The van der Waals surface area contributed by atoms with Gasteiger partial charge in [0.05, 0.1) is 23.1 Å². The van der Waals surface area contributed by atoms with E-state index >= 15 is 4.39 Å². The molecule has 1 atom stereocenters. The number of nitrogens with zero attached hydrogens (tertiary/aromatic N) is 2. The van der Waals surface area contributed by atoms with Gasteiger partial charge in [-0.3, -0.25) is 9.59 Å². The first-order chi connectivity index (χ1) is 23.4. The number of halogens is 5. The van der Waals surface area contributed by atoms with Crippen LogP contribution in [0.1, 0.15) is 74.9 Å². The lowest BCUT2D eigenvalue weighted by Crippen LogP contribution is -2.50. The molecule has 274 valence electrons. The van der Waals surface area contributed by atoms with Crippen LogP contribution in [0.5, 0.6) is 5.75 Å². The predicted octanol–water partition coefficient (Wildman–Crippen LogP) is 6.65. The molecule has 1 aliphatic rings. The van der Waals surface area contributed by atoms with Gasteiger partial charge in [-0.05, 0) is 74.8 Å². The maximum Gasteiger partial charge on any atom is 0.573 e. The van der Waals surface area contributed by atoms with Crippen LogP contribution in [-0.2, 0) is 27.4 Å². The first kappa shape index (κ1) is 38.4. The number of methoxy groups -OCH3 is 1. The summed E-state index contributed by atoms with van der Waals surface area (Å²) in [6.07, 6.45) is -3.81. The van der Waals surface area contributed by atoms with Crippen LogP contribution in [0.15, 0.2) is 36.5 Å². The van der Waals surface area contributed by atoms with Gasteiger partial charge in [0.2, 0.25) is 5.91 Å². The Kier molecular flexibility index (Phi) is 12.0. The van der Waals surface area contributed by atoms with Gasteiger partial charge in [0.15, 0.2) is 0 Å². The highest BCUT2D eigenvalue weighted by Crippen LogP contribution is 2.38. The number of aromatic nitrogens is 1. The van der Waals surface area contributed by atoms with Crippen molar-refractivity contribution in [1.82, 2.24) is 20.1 Å². The van der Waals surface area contributed by atoms with Crippen molar-refractivity contribution in [2.24, 2.45) is 5.92 Å². The van der Waals surface area contributed by atoms with Gasteiger partial charge in [0.1, 0.15) is 29.0 Å². The van der Waals surface area contributed by atoms with Crippen LogP contribution in [0.4, 0.5) is 26.7 Å². The monoisotopic (exact) mass is 710 g/mol. The maximum absolute atomic E-state index is 15.1. The van der Waals surface area contributed by atoms with E-state index in [0.717, 1.165) is 12.1 Å². The minimum atomic E-state index is -5.08. The molecule has 1 unspecified atom stereocenters. The third-order valence-corrected chi connectivity index (χ3v) is 8.29. The van der Waals surface area contributed by atoms with Gasteiger partial charge in [-0.1, -0.05) is 26.0 Å². The zero-order valence-corrected chi connectivity index (χ0v) is 28.9. The Labute approximate surface area is 287 Å². The zero-order valence-electron chi connectivity index (χ0n) is 28.9. The number of ether oxygens (including phenoxy) is 3. The van der Waals surface area contributed by atoms with E-state index in [1.165, 1.54) is 28.8 Å². The van der Waals surface area contributed by atoms with Crippen molar-refractivity contribution in [3.05, 3.63) is 64.9 Å². The molecule has 0 radical (unpaired) electrons. The molecule has 1 aliphatic heterocycles. The molecule has 0 bridgehead atoms. The molecule has 2 heterocycles. The van der Waals surface area contributed by atoms with Gasteiger partial charge in [-0.25, -0.2) is 13.6 Å². The number of alkyl carbamates (subject to hydrolysis) is 1. The van der Waals surface area contributed by atoms with E-state index in [-0.39, 0.29) is 61.1 Å². The van der Waals surface area contributed by atoms with E-state index in [1.54, 1.807) is 46.8 Å². The van der Waals surface area contributed by atoms with Crippen LogP contribution < -0.4 is 15.4 Å². The van der Waals surface area contributed by atoms with Gasteiger partial charge in [-0.15, -0.1) is 13.2 Å². The molecule has 3 amide bonds. The van der Waals surface area contributed by atoms with Crippen LogP contribution in [0.2, 0.25) is 0 Å². The third kappa shape index (κ3) is 9.64. The molecular formula is C35H43F5N4O6. The fraction of sp³-hybridized carbons (Fsp3) is 0.514. The Morgan fingerprint density at radius 2 is 1.66 bits per heavy atom. The fourth-order valence-corrected chi connectivity index (χ4v) is 5.96. The summed E-state index contributed by atoms with van der Waals surface area (Å²) in [7, 11) is 1.42. The lowest BCUT2D eigenvalue weighted by Gasteiger charge is -2.32. The Bertz CT molecular complexity index is 1690. The van der Waals surface area contributed by atoms with Crippen molar-refractivity contribution in [3.63, 3.8) is 0 Å². The number of alkyl halides is 3. The standard InChI is InChI=1S/C35H43F5N4O6/c1-20(2)29(42-33(47)50-34(3,4)5)31(45)41-18-21-7-8-25(36)23(17-21)22-11-13-43(14-12-22)32(46)24-19-44(15-16-48-6)30-26(37)9-10-27(28(24)30)49-35(38,39)40/h7-10,17,19-20,22,29H,11-16,18H2,1-6H3,(H,41,45)(H,42,47). The molecule has 2 N–H and O–H groups in total. The molecule has 0 aliphatic carbocycles. The number of benzene rings is 2. The molecule has 4 rings (SSSR count). The van der Waals surface area contributed by atoms with Crippen molar-refractivity contribution in [3.8, 4) is 5.75 Å². The molecule has 1 saturated heterocycles. The second-order valence-electron chi connectivity index (χ2n) is 13.6. The van der Waals surface area contributed by atoms with Gasteiger partial charge < -0.3 is 34.3 Å². The van der Waals surface area contributed by atoms with E-state index in [4.69, 9.17) is 9.47 Å². The average Bonchev–Trinajstić information content (AvgIpc) is 3.42. The number of carbonyl (C=O) groups is 3. The van der Waals surface area contributed by atoms with E-state index in [9.17, 15) is 31.9 Å². The number of hydrogen-bond acceptors (Lipinski definition) is 6. The van der Waals surface area contributed by atoms with Crippen LogP contribution >= 0.6 is 0 Å². The van der Waals surface area contributed by atoms with Crippen molar-refractivity contribution in [2.75, 3.05) is 26.8 Å². The predicted molar refractivity (Wildman–Crippen MR) is 175 cm³/mol. The van der Waals surface area contributed by atoms with Gasteiger partial charge >= 0.3 is 12.5 Å². The average molecular weight is 711 g/mol. The quantitative estimate of drug-likeness (QED) is 0.216. The fourth-order valence-electron chi connectivity index (χ4n) is 5.96.